The third-order valence-corrected chi connectivity index (χ3v) is 6.23. The van der Waals surface area contributed by atoms with Gasteiger partial charge in [-0.1, -0.05) is 57.2 Å². The zero-order valence-electron chi connectivity index (χ0n) is 20.5. The van der Waals surface area contributed by atoms with E-state index in [9.17, 15) is 9.59 Å². The number of aryl methyl sites for hydroxylation is 2. The Bertz CT molecular complexity index is 1300. The van der Waals surface area contributed by atoms with E-state index in [0.717, 1.165) is 22.4 Å². The van der Waals surface area contributed by atoms with Gasteiger partial charge in [-0.15, -0.1) is 0 Å². The largest absolute Gasteiger partial charge is 0.496 e. The van der Waals surface area contributed by atoms with Crippen LogP contribution in [0.2, 0.25) is 0 Å². The predicted molar refractivity (Wildman–Crippen MR) is 137 cm³/mol. The Labute approximate surface area is 201 Å². The molecule has 3 aromatic rings. The van der Waals surface area contributed by atoms with E-state index in [1.54, 1.807) is 19.2 Å². The van der Waals surface area contributed by atoms with Crippen LogP contribution in [0.25, 0.3) is 5.57 Å². The molecular formula is C29H30N2O3. The fraction of sp³-hybridized carbons (Fsp3) is 0.241. The number of hydrogen-bond donors (Lipinski definition) is 1. The number of nitrogens with zero attached hydrogens (tertiary/aromatic N) is 1. The van der Waals surface area contributed by atoms with E-state index in [0.29, 0.717) is 22.6 Å². The van der Waals surface area contributed by atoms with Crippen molar-refractivity contribution in [2.75, 3.05) is 17.3 Å². The standard InChI is InChI=1S/C29H30N2O3/c1-18-11-14-21(17-19(18)2)30-26-25(23-9-7-8-10-24(23)34-6)27(32)31(28(26)33)22-15-12-20(13-16-22)29(3,4)5/h7-17,30H,1-6H3. The minimum atomic E-state index is -0.396. The number of anilines is 2. The summed E-state index contributed by atoms with van der Waals surface area (Å²) in [6.07, 6.45) is 0. The molecule has 1 aliphatic heterocycles. The number of imide groups is 1. The van der Waals surface area contributed by atoms with Crippen molar-refractivity contribution in [3.05, 3.63) is 94.7 Å². The highest BCUT2D eigenvalue weighted by Gasteiger charge is 2.41. The second-order valence-corrected chi connectivity index (χ2v) is 9.62. The molecule has 0 saturated heterocycles. The van der Waals surface area contributed by atoms with E-state index in [2.05, 4.69) is 26.1 Å². The number of carbonyl (C=O) groups is 2. The van der Waals surface area contributed by atoms with Crippen molar-refractivity contribution in [2.24, 2.45) is 0 Å². The summed E-state index contributed by atoms with van der Waals surface area (Å²) in [5.74, 6) is -0.250. The van der Waals surface area contributed by atoms with E-state index >= 15 is 0 Å². The molecular weight excluding hydrogens is 424 g/mol. The van der Waals surface area contributed by atoms with Crippen LogP contribution in [0.3, 0.4) is 0 Å². The zero-order chi connectivity index (χ0) is 24.6. The van der Waals surface area contributed by atoms with Crippen molar-refractivity contribution in [3.8, 4) is 5.75 Å². The lowest BCUT2D eigenvalue weighted by Gasteiger charge is -2.21. The third kappa shape index (κ3) is 4.21. The normalized spacial score (nSPS) is 14.1. The molecule has 0 atom stereocenters. The molecule has 2 amide bonds. The van der Waals surface area contributed by atoms with Crippen LogP contribution in [0.1, 0.15) is 43.0 Å². The molecule has 0 aromatic heterocycles. The number of ether oxygens (including phenoxy) is 1. The Balaban J connectivity index is 1.82. The number of para-hydroxylation sites is 1. The summed E-state index contributed by atoms with van der Waals surface area (Å²) in [5, 5.41) is 3.24. The van der Waals surface area contributed by atoms with Crippen molar-refractivity contribution < 1.29 is 14.3 Å². The number of nitrogens with one attached hydrogen (secondary N) is 1. The summed E-state index contributed by atoms with van der Waals surface area (Å²) in [7, 11) is 1.56. The van der Waals surface area contributed by atoms with Crippen LogP contribution in [-0.2, 0) is 15.0 Å². The number of methoxy groups -OCH3 is 1. The molecule has 1 aliphatic rings. The lowest BCUT2D eigenvalue weighted by atomic mass is 9.87. The molecule has 0 radical (unpaired) electrons. The summed E-state index contributed by atoms with van der Waals surface area (Å²) in [6, 6.07) is 20.7. The van der Waals surface area contributed by atoms with Gasteiger partial charge in [-0.2, -0.15) is 0 Å². The van der Waals surface area contributed by atoms with Crippen LogP contribution < -0.4 is 15.0 Å². The number of amides is 2. The summed E-state index contributed by atoms with van der Waals surface area (Å²) >= 11 is 0. The summed E-state index contributed by atoms with van der Waals surface area (Å²) < 4.78 is 5.52. The molecule has 5 heteroatoms. The van der Waals surface area contributed by atoms with Gasteiger partial charge in [0.1, 0.15) is 11.4 Å². The summed E-state index contributed by atoms with van der Waals surface area (Å²) in [5.41, 5.74) is 5.72. The minimum Gasteiger partial charge on any atom is -0.496 e. The van der Waals surface area contributed by atoms with Gasteiger partial charge < -0.3 is 10.1 Å². The minimum absolute atomic E-state index is 0.0333. The van der Waals surface area contributed by atoms with Crippen molar-refractivity contribution in [3.63, 3.8) is 0 Å². The van der Waals surface area contributed by atoms with Crippen molar-refractivity contribution in [1.29, 1.82) is 0 Å². The van der Waals surface area contributed by atoms with Gasteiger partial charge in [0.15, 0.2) is 0 Å². The smallest absolute Gasteiger partial charge is 0.282 e. The maximum Gasteiger partial charge on any atom is 0.282 e. The average molecular weight is 455 g/mol. The highest BCUT2D eigenvalue weighted by atomic mass is 16.5. The Morgan fingerprint density at radius 2 is 1.50 bits per heavy atom. The summed E-state index contributed by atoms with van der Waals surface area (Å²) in [6.45, 7) is 10.4. The molecule has 5 nitrogen and oxygen atoms in total. The Kier molecular flexibility index (Phi) is 6.05. The van der Waals surface area contributed by atoms with Gasteiger partial charge in [0.25, 0.3) is 11.8 Å². The lowest BCUT2D eigenvalue weighted by molar-refractivity contribution is -0.120. The van der Waals surface area contributed by atoms with Crippen LogP contribution in [0, 0.1) is 13.8 Å². The molecule has 4 rings (SSSR count). The monoisotopic (exact) mass is 454 g/mol. The fourth-order valence-electron chi connectivity index (χ4n) is 4.06. The third-order valence-electron chi connectivity index (χ3n) is 6.23. The molecule has 1 N–H and O–H groups in total. The van der Waals surface area contributed by atoms with E-state index in [4.69, 9.17) is 4.74 Å². The van der Waals surface area contributed by atoms with Crippen molar-refractivity contribution in [2.45, 2.75) is 40.0 Å². The first-order valence-electron chi connectivity index (χ1n) is 11.3. The van der Waals surface area contributed by atoms with Gasteiger partial charge in [-0.25, -0.2) is 4.90 Å². The van der Waals surface area contributed by atoms with Gasteiger partial charge in [0, 0.05) is 11.3 Å². The van der Waals surface area contributed by atoms with Gasteiger partial charge in [-0.05, 0) is 66.3 Å². The highest BCUT2D eigenvalue weighted by Crippen LogP contribution is 2.38. The topological polar surface area (TPSA) is 58.6 Å². The van der Waals surface area contributed by atoms with Crippen LogP contribution in [-0.4, -0.2) is 18.9 Å². The Hall–Kier alpha value is -3.86. The molecule has 1 heterocycles. The maximum atomic E-state index is 13.7. The average Bonchev–Trinajstić information content (AvgIpc) is 3.04. The first kappa shape index (κ1) is 23.3. The Morgan fingerprint density at radius 1 is 0.824 bits per heavy atom. The first-order chi connectivity index (χ1) is 16.1. The van der Waals surface area contributed by atoms with E-state index in [-0.39, 0.29) is 17.0 Å². The highest BCUT2D eigenvalue weighted by molar-refractivity contribution is 6.46. The SMILES string of the molecule is COc1ccccc1C1=C(Nc2ccc(C)c(C)c2)C(=O)N(c2ccc(C(C)(C)C)cc2)C1=O. The molecule has 174 valence electrons. The van der Waals surface area contributed by atoms with Crippen LogP contribution in [0.15, 0.2) is 72.4 Å². The molecule has 0 bridgehead atoms. The number of rotatable bonds is 5. The summed E-state index contributed by atoms with van der Waals surface area (Å²) in [4.78, 5) is 28.7. The zero-order valence-corrected chi connectivity index (χ0v) is 20.5. The maximum absolute atomic E-state index is 13.7. The van der Waals surface area contributed by atoms with Crippen molar-refractivity contribution in [1.82, 2.24) is 0 Å². The van der Waals surface area contributed by atoms with Crippen LogP contribution >= 0.6 is 0 Å². The molecule has 0 spiro atoms. The molecule has 0 unspecified atom stereocenters. The second kappa shape index (κ2) is 8.82. The molecule has 3 aromatic carbocycles. The van der Waals surface area contributed by atoms with Gasteiger partial charge in [-0.3, -0.25) is 9.59 Å². The molecule has 0 saturated carbocycles. The second-order valence-electron chi connectivity index (χ2n) is 9.62. The lowest BCUT2D eigenvalue weighted by Crippen LogP contribution is -2.32. The van der Waals surface area contributed by atoms with Gasteiger partial charge in [0.2, 0.25) is 0 Å². The Morgan fingerprint density at radius 3 is 2.12 bits per heavy atom. The fourth-order valence-corrected chi connectivity index (χ4v) is 4.06. The molecule has 34 heavy (non-hydrogen) atoms. The number of carbonyl (C=O) groups excluding carboxylic acids is 2. The first-order valence-corrected chi connectivity index (χ1v) is 11.3. The van der Waals surface area contributed by atoms with Crippen LogP contribution in [0.5, 0.6) is 5.75 Å². The predicted octanol–water partition coefficient (Wildman–Crippen LogP) is 6.01. The molecule has 0 fully saturated rings. The van der Waals surface area contributed by atoms with Gasteiger partial charge >= 0.3 is 0 Å². The van der Waals surface area contributed by atoms with Crippen LogP contribution in [0.4, 0.5) is 11.4 Å². The molecule has 0 aliphatic carbocycles. The van der Waals surface area contributed by atoms with E-state index in [1.165, 1.54) is 4.90 Å². The number of hydrogen-bond acceptors (Lipinski definition) is 4. The quantitative estimate of drug-likeness (QED) is 0.480. The van der Waals surface area contributed by atoms with E-state index < -0.39 is 5.91 Å². The number of benzene rings is 3. The van der Waals surface area contributed by atoms with E-state index in [1.807, 2.05) is 68.4 Å². The van der Waals surface area contributed by atoms with Gasteiger partial charge in [0.05, 0.1) is 18.4 Å². The van der Waals surface area contributed by atoms with Crippen molar-refractivity contribution >= 4 is 28.8 Å².